The van der Waals surface area contributed by atoms with Crippen LogP contribution in [0.2, 0.25) is 0 Å². The molecule has 0 aromatic heterocycles. The second-order valence-electron chi connectivity index (χ2n) is 6.03. The second-order valence-corrected chi connectivity index (χ2v) is 6.03. The van der Waals surface area contributed by atoms with E-state index in [-0.39, 0.29) is 5.82 Å². The average molecular weight is 326 g/mol. The van der Waals surface area contributed by atoms with E-state index in [9.17, 15) is 4.39 Å². The van der Waals surface area contributed by atoms with Gasteiger partial charge in [0.05, 0.1) is 6.61 Å². The van der Waals surface area contributed by atoms with Gasteiger partial charge in [-0.15, -0.1) is 0 Å². The van der Waals surface area contributed by atoms with E-state index in [1.165, 1.54) is 31.2 Å². The number of rotatable bonds is 5. The lowest BCUT2D eigenvalue weighted by Gasteiger charge is -2.08. The van der Waals surface area contributed by atoms with Crippen molar-refractivity contribution in [3.63, 3.8) is 0 Å². The van der Waals surface area contributed by atoms with Crippen molar-refractivity contribution in [2.24, 2.45) is 0 Å². The van der Waals surface area contributed by atoms with E-state index in [4.69, 9.17) is 4.74 Å². The summed E-state index contributed by atoms with van der Waals surface area (Å²) in [5.74, 6) is 0.0607. The highest BCUT2D eigenvalue weighted by atomic mass is 19.1. The van der Waals surface area contributed by atoms with Crippen molar-refractivity contribution < 1.29 is 9.13 Å². The predicted octanol–water partition coefficient (Wildman–Crippen LogP) is 6.32. The van der Waals surface area contributed by atoms with Gasteiger partial charge in [-0.1, -0.05) is 55.5 Å². The standard InChI is InChI=1S/C16H17FO.C6H10/c1-2-10-18-16-9-8-14(12-15(16)17)11-13-6-4-3-5-7-13;1-2-4-6-5-3-1/h3-9,12H,2,10-11H2,1H3;1-2H,3-6H2. The monoisotopic (exact) mass is 326 g/mol. The highest BCUT2D eigenvalue weighted by Gasteiger charge is 2.05. The van der Waals surface area contributed by atoms with Gasteiger partial charge in [0.25, 0.3) is 0 Å². The molecular formula is C22H27FO. The maximum Gasteiger partial charge on any atom is 0.165 e. The normalized spacial score (nSPS) is 13.1. The van der Waals surface area contributed by atoms with Crippen molar-refractivity contribution in [1.82, 2.24) is 0 Å². The van der Waals surface area contributed by atoms with Crippen LogP contribution in [0.4, 0.5) is 4.39 Å². The van der Waals surface area contributed by atoms with Crippen LogP contribution in [0.3, 0.4) is 0 Å². The van der Waals surface area contributed by atoms with E-state index < -0.39 is 0 Å². The Balaban J connectivity index is 0.000000292. The van der Waals surface area contributed by atoms with Crippen LogP contribution < -0.4 is 4.74 Å². The van der Waals surface area contributed by atoms with Gasteiger partial charge in [-0.25, -0.2) is 4.39 Å². The zero-order valence-electron chi connectivity index (χ0n) is 14.5. The molecule has 0 N–H and O–H groups in total. The summed E-state index contributed by atoms with van der Waals surface area (Å²) < 4.78 is 19.1. The molecule has 1 nitrogen and oxygen atoms in total. The van der Waals surface area contributed by atoms with E-state index in [0.717, 1.165) is 18.4 Å². The van der Waals surface area contributed by atoms with Crippen LogP contribution in [0.5, 0.6) is 5.75 Å². The molecule has 2 aromatic rings. The van der Waals surface area contributed by atoms with Gasteiger partial charge in [-0.3, -0.25) is 0 Å². The van der Waals surface area contributed by atoms with Crippen LogP contribution in [0, 0.1) is 5.82 Å². The van der Waals surface area contributed by atoms with E-state index in [2.05, 4.69) is 12.2 Å². The maximum atomic E-state index is 13.8. The predicted molar refractivity (Wildman–Crippen MR) is 99.0 cm³/mol. The Bertz CT molecular complexity index is 611. The minimum absolute atomic E-state index is 0.281. The van der Waals surface area contributed by atoms with Gasteiger partial charge in [0, 0.05) is 0 Å². The zero-order valence-corrected chi connectivity index (χ0v) is 14.5. The van der Waals surface area contributed by atoms with Gasteiger partial charge in [-0.05, 0) is 61.8 Å². The van der Waals surface area contributed by atoms with Crippen LogP contribution in [-0.2, 0) is 6.42 Å². The largest absolute Gasteiger partial charge is 0.491 e. The molecule has 2 aromatic carbocycles. The van der Waals surface area contributed by atoms with Crippen molar-refractivity contribution in [3.05, 3.63) is 77.6 Å². The van der Waals surface area contributed by atoms with E-state index in [1.54, 1.807) is 12.1 Å². The molecule has 0 fully saturated rings. The van der Waals surface area contributed by atoms with Crippen molar-refractivity contribution >= 4 is 0 Å². The van der Waals surface area contributed by atoms with Crippen LogP contribution in [0.15, 0.2) is 60.7 Å². The molecule has 0 amide bonds. The first-order chi connectivity index (χ1) is 11.8. The SMILES string of the molecule is C1=CCCCC1.CCCOc1ccc(Cc2ccccc2)cc1F. The minimum Gasteiger partial charge on any atom is -0.491 e. The fraction of sp³-hybridized carbons (Fsp3) is 0.364. The van der Waals surface area contributed by atoms with Gasteiger partial charge in [0.2, 0.25) is 0 Å². The first-order valence-electron chi connectivity index (χ1n) is 8.89. The van der Waals surface area contributed by atoms with E-state index in [0.29, 0.717) is 12.4 Å². The van der Waals surface area contributed by atoms with Gasteiger partial charge >= 0.3 is 0 Å². The summed E-state index contributed by atoms with van der Waals surface area (Å²) in [6.07, 6.45) is 11.6. The molecule has 3 rings (SSSR count). The Morgan fingerprint density at radius 3 is 2.17 bits per heavy atom. The Hall–Kier alpha value is -2.09. The number of halogens is 1. The molecule has 0 saturated carbocycles. The fourth-order valence-corrected chi connectivity index (χ4v) is 2.58. The molecule has 0 atom stereocenters. The van der Waals surface area contributed by atoms with Crippen molar-refractivity contribution in [2.45, 2.75) is 45.4 Å². The van der Waals surface area contributed by atoms with Crippen molar-refractivity contribution in [2.75, 3.05) is 6.61 Å². The van der Waals surface area contributed by atoms with E-state index >= 15 is 0 Å². The Labute approximate surface area is 145 Å². The quantitative estimate of drug-likeness (QED) is 0.584. The first kappa shape index (κ1) is 18.3. The van der Waals surface area contributed by atoms with Gasteiger partial charge in [-0.2, -0.15) is 0 Å². The lowest BCUT2D eigenvalue weighted by molar-refractivity contribution is 0.301. The molecule has 24 heavy (non-hydrogen) atoms. The molecule has 0 radical (unpaired) electrons. The van der Waals surface area contributed by atoms with Crippen LogP contribution in [-0.4, -0.2) is 6.61 Å². The molecule has 1 aliphatic carbocycles. The lowest BCUT2D eigenvalue weighted by Crippen LogP contribution is -1.98. The molecule has 0 spiro atoms. The molecule has 0 heterocycles. The van der Waals surface area contributed by atoms with Gasteiger partial charge in [0.1, 0.15) is 0 Å². The number of allylic oxidation sites excluding steroid dienone is 2. The summed E-state index contributed by atoms with van der Waals surface area (Å²) in [6, 6.07) is 15.2. The molecule has 2 heteroatoms. The average Bonchev–Trinajstić information content (AvgIpc) is 2.64. The topological polar surface area (TPSA) is 9.23 Å². The van der Waals surface area contributed by atoms with Gasteiger partial charge in [0.15, 0.2) is 11.6 Å². The number of ether oxygens (including phenoxy) is 1. The molecule has 1 aliphatic rings. The second kappa shape index (κ2) is 10.6. The molecule has 0 aliphatic heterocycles. The summed E-state index contributed by atoms with van der Waals surface area (Å²) in [5.41, 5.74) is 2.14. The van der Waals surface area contributed by atoms with Crippen molar-refractivity contribution in [3.8, 4) is 5.75 Å². The summed E-state index contributed by atoms with van der Waals surface area (Å²) in [6.45, 7) is 2.55. The Kier molecular flexibility index (Phi) is 8.09. The van der Waals surface area contributed by atoms with Crippen LogP contribution in [0.25, 0.3) is 0 Å². The molecule has 0 unspecified atom stereocenters. The third-order valence-corrected chi connectivity index (χ3v) is 3.87. The maximum absolute atomic E-state index is 13.8. The summed E-state index contributed by atoms with van der Waals surface area (Å²) in [5, 5.41) is 0. The molecule has 0 bridgehead atoms. The number of benzene rings is 2. The van der Waals surface area contributed by atoms with Crippen LogP contribution in [0.1, 0.15) is 50.2 Å². The van der Waals surface area contributed by atoms with Crippen molar-refractivity contribution in [1.29, 1.82) is 0 Å². The van der Waals surface area contributed by atoms with Crippen LogP contribution >= 0.6 is 0 Å². The molecular weight excluding hydrogens is 299 g/mol. The summed E-state index contributed by atoms with van der Waals surface area (Å²) >= 11 is 0. The molecule has 128 valence electrons. The number of hydrogen-bond donors (Lipinski definition) is 0. The van der Waals surface area contributed by atoms with E-state index in [1.807, 2.05) is 43.3 Å². The Morgan fingerprint density at radius 1 is 0.917 bits per heavy atom. The molecule has 0 saturated heterocycles. The third-order valence-electron chi connectivity index (χ3n) is 3.87. The summed E-state index contributed by atoms with van der Waals surface area (Å²) in [4.78, 5) is 0. The third kappa shape index (κ3) is 6.57. The highest BCUT2D eigenvalue weighted by Crippen LogP contribution is 2.20. The fourth-order valence-electron chi connectivity index (χ4n) is 2.58. The zero-order chi connectivity index (χ0) is 17.0. The smallest absolute Gasteiger partial charge is 0.165 e. The highest BCUT2D eigenvalue weighted by molar-refractivity contribution is 5.32. The minimum atomic E-state index is -0.281. The number of hydrogen-bond acceptors (Lipinski definition) is 1. The first-order valence-corrected chi connectivity index (χ1v) is 8.89. The van der Waals surface area contributed by atoms with Gasteiger partial charge < -0.3 is 4.74 Å². The lowest BCUT2D eigenvalue weighted by atomic mass is 10.0. The Morgan fingerprint density at radius 2 is 1.62 bits per heavy atom. The summed E-state index contributed by atoms with van der Waals surface area (Å²) in [7, 11) is 0.